The third-order valence-electron chi connectivity index (χ3n) is 3.97. The molecule has 0 radical (unpaired) electrons. The lowest BCUT2D eigenvalue weighted by molar-refractivity contribution is -0.146. The highest BCUT2D eigenvalue weighted by molar-refractivity contribution is 6.30. The SMILES string of the molecule is FC(F)(F)c1nnc2ccc(NC(c3cccc(Cl)c3)c3ccccn3)nn12. The third kappa shape index (κ3) is 3.61. The van der Waals surface area contributed by atoms with Crippen LogP contribution in [-0.2, 0) is 6.18 Å². The summed E-state index contributed by atoms with van der Waals surface area (Å²) in [7, 11) is 0. The average Bonchev–Trinajstić information content (AvgIpc) is 3.10. The van der Waals surface area contributed by atoms with Gasteiger partial charge in [0.1, 0.15) is 5.82 Å². The van der Waals surface area contributed by atoms with Gasteiger partial charge in [0, 0.05) is 11.2 Å². The molecule has 4 rings (SSSR count). The molecule has 0 aliphatic rings. The number of nitrogens with zero attached hydrogens (tertiary/aromatic N) is 5. The van der Waals surface area contributed by atoms with Crippen LogP contribution < -0.4 is 5.32 Å². The molecule has 0 spiro atoms. The molecular weight excluding hydrogens is 393 g/mol. The standard InChI is InChI=1S/C18H12ClF3N6/c19-12-5-3-4-11(10-12)16(13-6-1-2-9-23-13)24-14-7-8-15-25-26-17(18(20,21)22)28(15)27-14/h1-10,16H,(H,24,27). The fourth-order valence-corrected chi connectivity index (χ4v) is 2.95. The quantitative estimate of drug-likeness (QED) is 0.546. The Labute approximate surface area is 162 Å². The van der Waals surface area contributed by atoms with Crippen molar-refractivity contribution in [1.82, 2.24) is 24.8 Å². The first kappa shape index (κ1) is 18.2. The van der Waals surface area contributed by atoms with E-state index in [9.17, 15) is 13.2 Å². The average molecular weight is 405 g/mol. The van der Waals surface area contributed by atoms with E-state index < -0.39 is 18.0 Å². The van der Waals surface area contributed by atoms with Crippen LogP contribution in [-0.4, -0.2) is 24.8 Å². The zero-order valence-electron chi connectivity index (χ0n) is 14.1. The van der Waals surface area contributed by atoms with Crippen molar-refractivity contribution in [2.45, 2.75) is 12.2 Å². The van der Waals surface area contributed by atoms with Crippen LogP contribution >= 0.6 is 11.6 Å². The highest BCUT2D eigenvalue weighted by Crippen LogP contribution is 2.29. The van der Waals surface area contributed by atoms with Gasteiger partial charge in [0.15, 0.2) is 5.65 Å². The van der Waals surface area contributed by atoms with Crippen molar-refractivity contribution in [3.8, 4) is 0 Å². The summed E-state index contributed by atoms with van der Waals surface area (Å²) in [6, 6.07) is 15.0. The summed E-state index contributed by atoms with van der Waals surface area (Å²) in [6.45, 7) is 0. The molecule has 0 amide bonds. The number of hydrogen-bond donors (Lipinski definition) is 1. The fourth-order valence-electron chi connectivity index (χ4n) is 2.75. The number of hydrogen-bond acceptors (Lipinski definition) is 5. The molecule has 1 aromatic carbocycles. The molecule has 0 fully saturated rings. The van der Waals surface area contributed by atoms with Crippen LogP contribution in [0.3, 0.4) is 0 Å². The summed E-state index contributed by atoms with van der Waals surface area (Å²) in [5, 5.41) is 14.4. The number of benzene rings is 1. The minimum Gasteiger partial charge on any atom is -0.356 e. The molecule has 10 heteroatoms. The summed E-state index contributed by atoms with van der Waals surface area (Å²) in [6.07, 6.45) is -3.04. The van der Waals surface area contributed by atoms with Crippen molar-refractivity contribution in [3.05, 3.63) is 82.9 Å². The van der Waals surface area contributed by atoms with Gasteiger partial charge < -0.3 is 5.32 Å². The van der Waals surface area contributed by atoms with Crippen LogP contribution in [0.1, 0.15) is 23.1 Å². The molecule has 3 heterocycles. The van der Waals surface area contributed by atoms with E-state index in [1.54, 1.807) is 36.5 Å². The van der Waals surface area contributed by atoms with E-state index in [0.717, 1.165) is 5.56 Å². The Kier molecular flexibility index (Phi) is 4.60. The highest BCUT2D eigenvalue weighted by atomic mass is 35.5. The number of halogens is 4. The topological polar surface area (TPSA) is 68.0 Å². The molecule has 1 atom stereocenters. The molecule has 6 nitrogen and oxygen atoms in total. The van der Waals surface area contributed by atoms with Gasteiger partial charge in [-0.15, -0.1) is 15.3 Å². The lowest BCUT2D eigenvalue weighted by atomic mass is 10.0. The Morgan fingerprint density at radius 3 is 2.57 bits per heavy atom. The van der Waals surface area contributed by atoms with Crippen molar-refractivity contribution >= 4 is 23.1 Å². The Morgan fingerprint density at radius 1 is 1.00 bits per heavy atom. The third-order valence-corrected chi connectivity index (χ3v) is 4.21. The number of pyridine rings is 1. The normalized spacial score (nSPS) is 12.9. The van der Waals surface area contributed by atoms with E-state index in [1.165, 1.54) is 12.1 Å². The number of anilines is 1. The van der Waals surface area contributed by atoms with Gasteiger partial charge >= 0.3 is 6.18 Å². The van der Waals surface area contributed by atoms with Crippen LogP contribution in [0.25, 0.3) is 5.65 Å². The zero-order chi connectivity index (χ0) is 19.7. The molecule has 0 bridgehead atoms. The molecule has 28 heavy (non-hydrogen) atoms. The van der Waals surface area contributed by atoms with Gasteiger partial charge in [-0.2, -0.15) is 17.7 Å². The van der Waals surface area contributed by atoms with E-state index in [0.29, 0.717) is 15.2 Å². The summed E-state index contributed by atoms with van der Waals surface area (Å²) >= 11 is 6.10. The van der Waals surface area contributed by atoms with E-state index in [4.69, 9.17) is 11.6 Å². The van der Waals surface area contributed by atoms with Gasteiger partial charge in [0.05, 0.1) is 11.7 Å². The molecule has 1 unspecified atom stereocenters. The molecule has 0 aliphatic carbocycles. The van der Waals surface area contributed by atoms with Crippen molar-refractivity contribution in [2.24, 2.45) is 0 Å². The monoisotopic (exact) mass is 404 g/mol. The second kappa shape index (κ2) is 7.08. The first-order valence-corrected chi connectivity index (χ1v) is 8.52. The second-order valence-corrected chi connectivity index (χ2v) is 6.33. The predicted molar refractivity (Wildman–Crippen MR) is 96.9 cm³/mol. The van der Waals surface area contributed by atoms with Crippen molar-refractivity contribution in [3.63, 3.8) is 0 Å². The maximum atomic E-state index is 13.1. The van der Waals surface area contributed by atoms with Gasteiger partial charge in [-0.1, -0.05) is 29.8 Å². The lowest BCUT2D eigenvalue weighted by Crippen LogP contribution is -2.17. The minimum atomic E-state index is -4.67. The molecule has 0 saturated heterocycles. The fraction of sp³-hybridized carbons (Fsp3) is 0.111. The van der Waals surface area contributed by atoms with Crippen molar-refractivity contribution in [2.75, 3.05) is 5.32 Å². The molecule has 0 aliphatic heterocycles. The summed E-state index contributed by atoms with van der Waals surface area (Å²) in [5.74, 6) is -0.989. The van der Waals surface area contributed by atoms with Crippen molar-refractivity contribution < 1.29 is 13.2 Å². The largest absolute Gasteiger partial charge is 0.453 e. The summed E-state index contributed by atoms with van der Waals surface area (Å²) in [4.78, 5) is 4.35. The van der Waals surface area contributed by atoms with E-state index in [1.807, 2.05) is 12.1 Å². The van der Waals surface area contributed by atoms with Crippen LogP contribution in [0.4, 0.5) is 19.0 Å². The number of aromatic nitrogens is 5. The molecule has 0 saturated carbocycles. The molecule has 4 aromatic rings. The Hall–Kier alpha value is -3.20. The van der Waals surface area contributed by atoms with Gasteiger partial charge in [0.2, 0.25) is 0 Å². The van der Waals surface area contributed by atoms with Gasteiger partial charge in [0.25, 0.3) is 5.82 Å². The van der Waals surface area contributed by atoms with Crippen LogP contribution in [0.15, 0.2) is 60.8 Å². The molecular formula is C18H12ClF3N6. The zero-order valence-corrected chi connectivity index (χ0v) is 14.9. The summed E-state index contributed by atoms with van der Waals surface area (Å²) in [5.41, 5.74) is 1.44. The van der Waals surface area contributed by atoms with Gasteiger partial charge in [-0.25, -0.2) is 0 Å². The smallest absolute Gasteiger partial charge is 0.356 e. The number of nitrogens with one attached hydrogen (secondary N) is 1. The maximum Gasteiger partial charge on any atom is 0.453 e. The number of alkyl halides is 3. The van der Waals surface area contributed by atoms with Gasteiger partial charge in [-0.3, -0.25) is 4.98 Å². The Morgan fingerprint density at radius 2 is 1.86 bits per heavy atom. The minimum absolute atomic E-state index is 0.00461. The van der Waals surface area contributed by atoms with Crippen LogP contribution in [0.5, 0.6) is 0 Å². The van der Waals surface area contributed by atoms with E-state index in [2.05, 4.69) is 25.6 Å². The van der Waals surface area contributed by atoms with E-state index in [-0.39, 0.29) is 11.5 Å². The van der Waals surface area contributed by atoms with Crippen molar-refractivity contribution in [1.29, 1.82) is 0 Å². The summed E-state index contributed by atoms with van der Waals surface area (Å²) < 4.78 is 40.0. The van der Waals surface area contributed by atoms with Gasteiger partial charge in [-0.05, 0) is 42.0 Å². The highest BCUT2D eigenvalue weighted by Gasteiger charge is 2.37. The Balaban J connectivity index is 1.77. The molecule has 142 valence electrons. The first-order valence-electron chi connectivity index (χ1n) is 8.14. The van der Waals surface area contributed by atoms with Crippen LogP contribution in [0.2, 0.25) is 5.02 Å². The number of rotatable bonds is 4. The molecule has 3 aromatic heterocycles. The maximum absolute atomic E-state index is 13.1. The Bertz CT molecular complexity index is 1110. The molecule has 1 N–H and O–H groups in total. The number of fused-ring (bicyclic) bond motifs is 1. The predicted octanol–water partition coefficient (Wildman–Crippen LogP) is 4.39. The van der Waals surface area contributed by atoms with E-state index >= 15 is 0 Å². The second-order valence-electron chi connectivity index (χ2n) is 5.90. The van der Waals surface area contributed by atoms with Crippen LogP contribution in [0, 0.1) is 0 Å². The first-order chi connectivity index (χ1) is 13.4. The lowest BCUT2D eigenvalue weighted by Gasteiger charge is -2.19.